The molecule has 2 aromatic carbocycles. The standard InChI is InChI=1S/C23H23N3OS/c1-2-4-8-16(7-3-1)25-23-26-20-12-11-17(15-22(20)28-23)27-21-13-14-24-19-10-6-5-9-18(19)21/h5-6,9-16H,1-4,7-8H2,(H,25,26). The summed E-state index contributed by atoms with van der Waals surface area (Å²) in [5.41, 5.74) is 1.96. The van der Waals surface area contributed by atoms with Gasteiger partial charge in [0.2, 0.25) is 0 Å². The van der Waals surface area contributed by atoms with Gasteiger partial charge >= 0.3 is 0 Å². The quantitative estimate of drug-likeness (QED) is 0.391. The number of benzene rings is 2. The van der Waals surface area contributed by atoms with E-state index in [0.717, 1.165) is 37.8 Å². The smallest absolute Gasteiger partial charge is 0.184 e. The van der Waals surface area contributed by atoms with Crippen molar-refractivity contribution in [1.29, 1.82) is 0 Å². The van der Waals surface area contributed by atoms with Gasteiger partial charge in [0.25, 0.3) is 0 Å². The van der Waals surface area contributed by atoms with Crippen molar-refractivity contribution >= 4 is 37.6 Å². The van der Waals surface area contributed by atoms with Crippen molar-refractivity contribution in [3.05, 3.63) is 54.7 Å². The predicted octanol–water partition coefficient (Wildman–Crippen LogP) is 6.77. The van der Waals surface area contributed by atoms with Gasteiger partial charge in [-0.2, -0.15) is 0 Å². The maximum Gasteiger partial charge on any atom is 0.184 e. The molecule has 0 radical (unpaired) electrons. The maximum atomic E-state index is 6.19. The SMILES string of the molecule is c1ccc2c(Oc3ccc4nc(NC5CCCCCC5)sc4c3)ccnc2c1. The molecule has 0 saturated heterocycles. The molecule has 2 aromatic heterocycles. The lowest BCUT2D eigenvalue weighted by Gasteiger charge is -2.14. The number of aromatic nitrogens is 2. The summed E-state index contributed by atoms with van der Waals surface area (Å²) in [4.78, 5) is 9.18. The summed E-state index contributed by atoms with van der Waals surface area (Å²) in [5, 5.41) is 5.70. The molecule has 1 N–H and O–H groups in total. The molecule has 4 nitrogen and oxygen atoms in total. The molecule has 0 aliphatic heterocycles. The minimum Gasteiger partial charge on any atom is -0.457 e. The van der Waals surface area contributed by atoms with Crippen LogP contribution in [0.5, 0.6) is 11.5 Å². The molecule has 0 bridgehead atoms. The number of ether oxygens (including phenoxy) is 1. The molecular formula is C23H23N3OS. The number of fused-ring (bicyclic) bond motifs is 2. The second kappa shape index (κ2) is 7.76. The van der Waals surface area contributed by atoms with E-state index in [-0.39, 0.29) is 0 Å². The molecule has 1 saturated carbocycles. The van der Waals surface area contributed by atoms with E-state index in [1.54, 1.807) is 17.5 Å². The zero-order valence-corrected chi connectivity index (χ0v) is 16.5. The van der Waals surface area contributed by atoms with Gasteiger partial charge in [0.05, 0.1) is 15.7 Å². The van der Waals surface area contributed by atoms with E-state index in [2.05, 4.69) is 16.4 Å². The Balaban J connectivity index is 1.39. The topological polar surface area (TPSA) is 47.0 Å². The molecule has 5 heteroatoms. The first-order chi connectivity index (χ1) is 13.8. The Labute approximate surface area is 168 Å². The third-order valence-electron chi connectivity index (χ3n) is 5.38. The molecule has 0 atom stereocenters. The fourth-order valence-electron chi connectivity index (χ4n) is 3.91. The lowest BCUT2D eigenvalue weighted by molar-refractivity contribution is 0.489. The van der Waals surface area contributed by atoms with Crippen LogP contribution in [0.15, 0.2) is 54.7 Å². The number of para-hydroxylation sites is 1. The minimum atomic E-state index is 0.557. The lowest BCUT2D eigenvalue weighted by atomic mass is 10.1. The Morgan fingerprint density at radius 2 is 1.79 bits per heavy atom. The first kappa shape index (κ1) is 17.4. The van der Waals surface area contributed by atoms with E-state index in [4.69, 9.17) is 9.72 Å². The number of anilines is 1. The van der Waals surface area contributed by atoms with Crippen LogP contribution < -0.4 is 10.1 Å². The maximum absolute atomic E-state index is 6.19. The molecule has 4 aromatic rings. The summed E-state index contributed by atoms with van der Waals surface area (Å²) in [7, 11) is 0. The van der Waals surface area contributed by atoms with Crippen molar-refractivity contribution in [2.24, 2.45) is 0 Å². The van der Waals surface area contributed by atoms with Crippen molar-refractivity contribution in [1.82, 2.24) is 9.97 Å². The molecule has 5 rings (SSSR count). The van der Waals surface area contributed by atoms with Gasteiger partial charge in [-0.3, -0.25) is 4.98 Å². The molecule has 28 heavy (non-hydrogen) atoms. The van der Waals surface area contributed by atoms with Crippen LogP contribution in [0.25, 0.3) is 21.1 Å². The van der Waals surface area contributed by atoms with Crippen LogP contribution in [0, 0.1) is 0 Å². The van der Waals surface area contributed by atoms with E-state index < -0.39 is 0 Å². The monoisotopic (exact) mass is 389 g/mol. The first-order valence-electron chi connectivity index (χ1n) is 10.0. The predicted molar refractivity (Wildman–Crippen MR) is 117 cm³/mol. The molecule has 142 valence electrons. The highest BCUT2D eigenvalue weighted by atomic mass is 32.1. The summed E-state index contributed by atoms with van der Waals surface area (Å²) < 4.78 is 7.34. The molecule has 0 unspecified atom stereocenters. The number of nitrogens with one attached hydrogen (secondary N) is 1. The highest BCUT2D eigenvalue weighted by molar-refractivity contribution is 7.22. The van der Waals surface area contributed by atoms with Crippen LogP contribution in [-0.2, 0) is 0 Å². The normalized spacial score (nSPS) is 15.6. The van der Waals surface area contributed by atoms with Gasteiger partial charge in [0, 0.05) is 23.7 Å². The van der Waals surface area contributed by atoms with Gasteiger partial charge < -0.3 is 10.1 Å². The average molecular weight is 390 g/mol. The Morgan fingerprint density at radius 1 is 0.929 bits per heavy atom. The number of pyridine rings is 1. The average Bonchev–Trinajstić information content (AvgIpc) is 2.93. The van der Waals surface area contributed by atoms with Crippen molar-refractivity contribution < 1.29 is 4.74 Å². The van der Waals surface area contributed by atoms with Crippen molar-refractivity contribution in [2.45, 2.75) is 44.6 Å². The zero-order chi connectivity index (χ0) is 18.8. The molecule has 2 heterocycles. The Bertz CT molecular complexity index is 1090. The van der Waals surface area contributed by atoms with Gasteiger partial charge in [-0.05, 0) is 43.2 Å². The van der Waals surface area contributed by atoms with E-state index in [9.17, 15) is 0 Å². The van der Waals surface area contributed by atoms with Gasteiger partial charge in [0.15, 0.2) is 5.13 Å². The number of nitrogens with zero attached hydrogens (tertiary/aromatic N) is 2. The number of rotatable bonds is 4. The van der Waals surface area contributed by atoms with Gasteiger partial charge in [-0.15, -0.1) is 0 Å². The van der Waals surface area contributed by atoms with Crippen LogP contribution in [-0.4, -0.2) is 16.0 Å². The van der Waals surface area contributed by atoms with Crippen molar-refractivity contribution in [3.8, 4) is 11.5 Å². The van der Waals surface area contributed by atoms with Gasteiger partial charge in [-0.25, -0.2) is 4.98 Å². The molecule has 1 aliphatic carbocycles. The Morgan fingerprint density at radius 3 is 2.68 bits per heavy atom. The van der Waals surface area contributed by atoms with E-state index in [1.165, 1.54) is 38.5 Å². The van der Waals surface area contributed by atoms with E-state index in [0.29, 0.717) is 6.04 Å². The van der Waals surface area contributed by atoms with Crippen LogP contribution in [0.1, 0.15) is 38.5 Å². The summed E-state index contributed by atoms with van der Waals surface area (Å²) in [6, 6.07) is 16.6. The molecule has 1 aliphatic rings. The van der Waals surface area contributed by atoms with Crippen LogP contribution in [0.3, 0.4) is 0 Å². The third kappa shape index (κ3) is 3.67. The van der Waals surface area contributed by atoms with E-state index in [1.807, 2.05) is 42.5 Å². The van der Waals surface area contributed by atoms with Gasteiger partial charge in [-0.1, -0.05) is 49.2 Å². The Hall–Kier alpha value is -2.66. The van der Waals surface area contributed by atoms with Crippen LogP contribution >= 0.6 is 11.3 Å². The van der Waals surface area contributed by atoms with Crippen molar-refractivity contribution in [2.75, 3.05) is 5.32 Å². The zero-order valence-electron chi connectivity index (χ0n) is 15.7. The highest BCUT2D eigenvalue weighted by Crippen LogP contribution is 2.34. The molecular weight excluding hydrogens is 366 g/mol. The number of hydrogen-bond donors (Lipinski definition) is 1. The fourth-order valence-corrected chi connectivity index (χ4v) is 4.89. The van der Waals surface area contributed by atoms with E-state index >= 15 is 0 Å². The first-order valence-corrected chi connectivity index (χ1v) is 10.9. The molecule has 0 spiro atoms. The lowest BCUT2D eigenvalue weighted by Crippen LogP contribution is -2.17. The number of hydrogen-bond acceptors (Lipinski definition) is 5. The minimum absolute atomic E-state index is 0.557. The molecule has 0 amide bonds. The third-order valence-corrected chi connectivity index (χ3v) is 6.33. The summed E-state index contributed by atoms with van der Waals surface area (Å²) in [5.74, 6) is 1.65. The molecule has 1 fully saturated rings. The Kier molecular flexibility index (Phi) is 4.83. The second-order valence-electron chi connectivity index (χ2n) is 7.41. The van der Waals surface area contributed by atoms with Gasteiger partial charge in [0.1, 0.15) is 11.5 Å². The fraction of sp³-hybridized carbons (Fsp3) is 0.304. The number of thiazole rings is 1. The highest BCUT2D eigenvalue weighted by Gasteiger charge is 2.14. The second-order valence-corrected chi connectivity index (χ2v) is 8.44. The summed E-state index contributed by atoms with van der Waals surface area (Å²) in [6.07, 6.45) is 9.65. The summed E-state index contributed by atoms with van der Waals surface area (Å²) in [6.45, 7) is 0. The van der Waals surface area contributed by atoms with Crippen LogP contribution in [0.2, 0.25) is 0 Å². The summed E-state index contributed by atoms with van der Waals surface area (Å²) >= 11 is 1.71. The van der Waals surface area contributed by atoms with Crippen molar-refractivity contribution in [3.63, 3.8) is 0 Å². The largest absolute Gasteiger partial charge is 0.457 e. The van der Waals surface area contributed by atoms with Crippen LogP contribution in [0.4, 0.5) is 5.13 Å².